The van der Waals surface area contributed by atoms with Crippen LogP contribution in [0, 0.1) is 0 Å². The number of rotatable bonds is 6. The van der Waals surface area contributed by atoms with Gasteiger partial charge in [0.1, 0.15) is 12.4 Å². The van der Waals surface area contributed by atoms with E-state index in [1.54, 1.807) is 0 Å². The second-order valence-corrected chi connectivity index (χ2v) is 8.47. The van der Waals surface area contributed by atoms with Crippen molar-refractivity contribution in [2.45, 2.75) is 13.0 Å². The Morgan fingerprint density at radius 2 is 1.66 bits per heavy atom. The van der Waals surface area contributed by atoms with Gasteiger partial charge in [0.25, 0.3) is 11.1 Å². The molecule has 2 amide bonds. The largest absolute Gasteiger partial charge is 0.489 e. The summed E-state index contributed by atoms with van der Waals surface area (Å²) in [5, 5.41) is 3.07. The average Bonchev–Trinajstić information content (AvgIpc) is 3.43. The normalized spacial score (nSPS) is 15.1. The molecule has 1 aromatic heterocycles. The lowest BCUT2D eigenvalue weighted by atomic mass is 9.95. The Bertz CT molecular complexity index is 1320. The Balaban J connectivity index is 1.43. The zero-order chi connectivity index (χ0) is 21.9. The number of carbonyl (C=O) groups is 2. The third kappa shape index (κ3) is 4.18. The number of imide groups is 1. The van der Waals surface area contributed by atoms with E-state index in [2.05, 4.69) is 10.3 Å². The van der Waals surface area contributed by atoms with E-state index in [0.717, 1.165) is 50.7 Å². The lowest BCUT2D eigenvalue weighted by Crippen LogP contribution is -2.18. The Morgan fingerprint density at radius 3 is 2.41 bits per heavy atom. The molecule has 0 bridgehead atoms. The standard InChI is InChI=1S/C26H20N2O3S/c29-25-24(32-26(30)28-25)22(20-7-4-8-23-21(20)13-14-27-23)15-17-9-11-19(12-10-17)31-16-18-5-2-1-3-6-18/h1-14,27H,15-16H2,(H,28,29,30). The quantitative estimate of drug-likeness (QED) is 0.378. The summed E-state index contributed by atoms with van der Waals surface area (Å²) in [7, 11) is 0. The molecule has 3 aromatic carbocycles. The molecule has 5 nitrogen and oxygen atoms in total. The summed E-state index contributed by atoms with van der Waals surface area (Å²) in [5.74, 6) is 0.438. The van der Waals surface area contributed by atoms with Crippen LogP contribution in [0.4, 0.5) is 4.79 Å². The van der Waals surface area contributed by atoms with Gasteiger partial charge in [0.15, 0.2) is 0 Å². The number of benzene rings is 3. The maximum atomic E-state index is 12.5. The van der Waals surface area contributed by atoms with E-state index in [-0.39, 0.29) is 11.1 Å². The van der Waals surface area contributed by atoms with Crippen molar-refractivity contribution >= 4 is 39.4 Å². The highest BCUT2D eigenvalue weighted by Crippen LogP contribution is 2.37. The smallest absolute Gasteiger partial charge is 0.290 e. The maximum absolute atomic E-state index is 12.5. The summed E-state index contributed by atoms with van der Waals surface area (Å²) < 4.78 is 5.89. The van der Waals surface area contributed by atoms with Gasteiger partial charge >= 0.3 is 0 Å². The maximum Gasteiger partial charge on any atom is 0.290 e. The molecule has 0 aliphatic carbocycles. The fraction of sp³-hybridized carbons (Fsp3) is 0.0769. The Labute approximate surface area is 189 Å². The minimum Gasteiger partial charge on any atom is -0.489 e. The van der Waals surface area contributed by atoms with E-state index in [1.807, 2.05) is 85.1 Å². The number of fused-ring (bicyclic) bond motifs is 1. The van der Waals surface area contributed by atoms with Crippen LogP contribution in [-0.2, 0) is 17.8 Å². The number of aromatic amines is 1. The Morgan fingerprint density at radius 1 is 0.844 bits per heavy atom. The molecule has 5 rings (SSSR count). The molecule has 1 saturated heterocycles. The number of hydrogen-bond acceptors (Lipinski definition) is 4. The first-order valence-corrected chi connectivity index (χ1v) is 11.1. The first-order valence-electron chi connectivity index (χ1n) is 10.3. The molecule has 6 heteroatoms. The van der Waals surface area contributed by atoms with Crippen molar-refractivity contribution in [3.8, 4) is 5.75 Å². The lowest BCUT2D eigenvalue weighted by molar-refractivity contribution is -0.115. The molecule has 1 fully saturated rings. The molecule has 0 saturated carbocycles. The summed E-state index contributed by atoms with van der Waals surface area (Å²) >= 11 is 0.961. The van der Waals surface area contributed by atoms with E-state index >= 15 is 0 Å². The van der Waals surface area contributed by atoms with Gasteiger partial charge in [-0.2, -0.15) is 0 Å². The summed E-state index contributed by atoms with van der Waals surface area (Å²) in [6.45, 7) is 0.504. The topological polar surface area (TPSA) is 71.2 Å². The van der Waals surface area contributed by atoms with E-state index in [4.69, 9.17) is 4.74 Å². The lowest BCUT2D eigenvalue weighted by Gasteiger charge is -2.13. The first-order chi connectivity index (χ1) is 15.7. The van der Waals surface area contributed by atoms with Crippen LogP contribution in [-0.4, -0.2) is 16.1 Å². The van der Waals surface area contributed by atoms with Crippen molar-refractivity contribution in [2.24, 2.45) is 0 Å². The summed E-state index contributed by atoms with van der Waals surface area (Å²) in [6, 6.07) is 25.8. The molecule has 1 aliphatic heterocycles. The fourth-order valence-corrected chi connectivity index (χ4v) is 4.59. The van der Waals surface area contributed by atoms with Crippen LogP contribution in [0.15, 0.2) is 90.0 Å². The molecular weight excluding hydrogens is 420 g/mol. The number of thioether (sulfide) groups is 1. The van der Waals surface area contributed by atoms with Crippen LogP contribution >= 0.6 is 11.8 Å². The summed E-state index contributed by atoms with van der Waals surface area (Å²) in [5.41, 5.74) is 4.90. The number of amides is 2. The summed E-state index contributed by atoms with van der Waals surface area (Å²) in [4.78, 5) is 28.0. The monoisotopic (exact) mass is 440 g/mol. The van der Waals surface area contributed by atoms with Crippen molar-refractivity contribution in [2.75, 3.05) is 0 Å². The number of H-pyrrole nitrogens is 1. The molecule has 2 N–H and O–H groups in total. The SMILES string of the molecule is O=C1NC(=O)C(=C(Cc2ccc(OCc3ccccc3)cc2)c2cccc3[nH]ccc23)S1. The molecule has 2 heterocycles. The third-order valence-corrected chi connectivity index (χ3v) is 6.29. The van der Waals surface area contributed by atoms with Gasteiger partial charge in [-0.05, 0) is 64.7 Å². The number of carbonyl (C=O) groups excluding carboxylic acids is 2. The van der Waals surface area contributed by atoms with E-state index in [1.165, 1.54) is 0 Å². The number of allylic oxidation sites excluding steroid dienone is 1. The van der Waals surface area contributed by atoms with Gasteiger partial charge < -0.3 is 9.72 Å². The van der Waals surface area contributed by atoms with E-state index < -0.39 is 0 Å². The summed E-state index contributed by atoms with van der Waals surface area (Å²) in [6.07, 6.45) is 2.40. The van der Waals surface area contributed by atoms with Crippen LogP contribution in [0.3, 0.4) is 0 Å². The molecule has 32 heavy (non-hydrogen) atoms. The van der Waals surface area contributed by atoms with E-state index in [9.17, 15) is 9.59 Å². The predicted octanol–water partition coefficient (Wildman–Crippen LogP) is 5.68. The highest BCUT2D eigenvalue weighted by molar-refractivity contribution is 8.18. The Kier molecular flexibility index (Phi) is 5.52. The number of ether oxygens (including phenoxy) is 1. The fourth-order valence-electron chi connectivity index (χ4n) is 3.81. The third-order valence-electron chi connectivity index (χ3n) is 5.36. The minimum absolute atomic E-state index is 0.339. The van der Waals surface area contributed by atoms with Crippen LogP contribution in [0.25, 0.3) is 16.5 Å². The molecule has 158 valence electrons. The predicted molar refractivity (Wildman–Crippen MR) is 127 cm³/mol. The number of hydrogen-bond donors (Lipinski definition) is 2. The van der Waals surface area contributed by atoms with Gasteiger partial charge in [-0.15, -0.1) is 0 Å². The highest BCUT2D eigenvalue weighted by Gasteiger charge is 2.29. The second-order valence-electron chi connectivity index (χ2n) is 7.49. The van der Waals surface area contributed by atoms with Gasteiger partial charge in [0, 0.05) is 17.1 Å². The highest BCUT2D eigenvalue weighted by atomic mass is 32.2. The van der Waals surface area contributed by atoms with E-state index in [0.29, 0.717) is 17.9 Å². The molecule has 0 spiro atoms. The van der Waals surface area contributed by atoms with Gasteiger partial charge in [-0.25, -0.2) is 0 Å². The van der Waals surface area contributed by atoms with Crippen LogP contribution < -0.4 is 10.1 Å². The van der Waals surface area contributed by atoms with Crippen LogP contribution in [0.5, 0.6) is 5.75 Å². The molecule has 0 atom stereocenters. The zero-order valence-corrected chi connectivity index (χ0v) is 17.9. The molecular formula is C26H20N2O3S. The van der Waals surface area contributed by atoms with Crippen molar-refractivity contribution in [1.29, 1.82) is 0 Å². The number of aromatic nitrogens is 1. The van der Waals surface area contributed by atoms with Gasteiger partial charge in [0.2, 0.25) is 0 Å². The van der Waals surface area contributed by atoms with Crippen molar-refractivity contribution in [3.05, 3.63) is 107 Å². The average molecular weight is 441 g/mol. The minimum atomic E-state index is -0.342. The molecule has 1 aliphatic rings. The van der Waals surface area contributed by atoms with Gasteiger partial charge in [-0.3, -0.25) is 14.9 Å². The Hall–Kier alpha value is -3.77. The van der Waals surface area contributed by atoms with Crippen molar-refractivity contribution in [1.82, 2.24) is 10.3 Å². The first kappa shape index (κ1) is 20.2. The van der Waals surface area contributed by atoms with Gasteiger partial charge in [-0.1, -0.05) is 54.6 Å². The van der Waals surface area contributed by atoms with Crippen molar-refractivity contribution < 1.29 is 14.3 Å². The molecule has 0 radical (unpaired) electrons. The van der Waals surface area contributed by atoms with Gasteiger partial charge in [0.05, 0.1) is 4.91 Å². The molecule has 0 unspecified atom stereocenters. The van der Waals surface area contributed by atoms with Crippen LogP contribution in [0.1, 0.15) is 16.7 Å². The van der Waals surface area contributed by atoms with Crippen molar-refractivity contribution in [3.63, 3.8) is 0 Å². The zero-order valence-electron chi connectivity index (χ0n) is 17.1. The molecule has 4 aromatic rings. The number of nitrogens with one attached hydrogen (secondary N) is 2. The second kappa shape index (κ2) is 8.77. The van der Waals surface area contributed by atoms with Crippen LogP contribution in [0.2, 0.25) is 0 Å².